The Morgan fingerprint density at radius 2 is 2.04 bits per heavy atom. The van der Waals surface area contributed by atoms with Gasteiger partial charge >= 0.3 is 5.76 Å². The average molecular weight is 384 g/mol. The third kappa shape index (κ3) is 3.55. The maximum Gasteiger partial charge on any atom is 0.420 e. The van der Waals surface area contributed by atoms with E-state index < -0.39 is 11.3 Å². The number of methoxy groups -OCH3 is 1. The minimum absolute atomic E-state index is 0.0528. The number of ether oxygens (including phenoxy) is 2. The SMILES string of the molecule is COc1ccc(OC2CCN(c3nc4oc(=O)[nH]c(=O)c4cc3C)CC2)cn1. The van der Waals surface area contributed by atoms with Crippen LogP contribution in [0.15, 0.2) is 38.4 Å². The Bertz CT molecular complexity index is 1100. The van der Waals surface area contributed by atoms with Gasteiger partial charge in [-0.05, 0) is 24.6 Å². The third-order valence-electron chi connectivity index (χ3n) is 4.76. The fraction of sp³-hybridized carbons (Fsp3) is 0.368. The highest BCUT2D eigenvalue weighted by Crippen LogP contribution is 2.26. The van der Waals surface area contributed by atoms with E-state index in [-0.39, 0.29) is 17.2 Å². The minimum Gasteiger partial charge on any atom is -0.489 e. The molecule has 28 heavy (non-hydrogen) atoms. The van der Waals surface area contributed by atoms with E-state index in [4.69, 9.17) is 13.9 Å². The number of piperidine rings is 1. The van der Waals surface area contributed by atoms with Crippen LogP contribution in [0.3, 0.4) is 0 Å². The molecule has 9 nitrogen and oxygen atoms in total. The molecule has 146 valence electrons. The number of anilines is 1. The summed E-state index contributed by atoms with van der Waals surface area (Å²) in [4.78, 5) is 36.1. The first kappa shape index (κ1) is 18.0. The Kier molecular flexibility index (Phi) is 4.72. The van der Waals surface area contributed by atoms with Gasteiger partial charge in [-0.1, -0.05) is 0 Å². The van der Waals surface area contributed by atoms with Crippen molar-refractivity contribution in [1.82, 2.24) is 15.0 Å². The molecule has 0 aromatic carbocycles. The van der Waals surface area contributed by atoms with Crippen molar-refractivity contribution >= 4 is 16.9 Å². The second kappa shape index (κ2) is 7.34. The molecule has 1 fully saturated rings. The number of fused-ring (bicyclic) bond motifs is 1. The van der Waals surface area contributed by atoms with Gasteiger partial charge in [-0.15, -0.1) is 0 Å². The molecule has 3 aromatic heterocycles. The summed E-state index contributed by atoms with van der Waals surface area (Å²) in [5.41, 5.74) is 0.413. The zero-order valence-electron chi connectivity index (χ0n) is 15.6. The predicted molar refractivity (Wildman–Crippen MR) is 102 cm³/mol. The summed E-state index contributed by atoms with van der Waals surface area (Å²) in [6.45, 7) is 3.36. The molecule has 0 radical (unpaired) electrons. The first-order chi connectivity index (χ1) is 13.5. The number of nitrogens with zero attached hydrogens (tertiary/aromatic N) is 3. The second-order valence-corrected chi connectivity index (χ2v) is 6.67. The number of hydrogen-bond donors (Lipinski definition) is 1. The van der Waals surface area contributed by atoms with Crippen molar-refractivity contribution in [3.63, 3.8) is 0 Å². The van der Waals surface area contributed by atoms with Gasteiger partial charge in [-0.2, -0.15) is 4.98 Å². The molecule has 0 atom stereocenters. The molecule has 3 aromatic rings. The fourth-order valence-electron chi connectivity index (χ4n) is 3.36. The van der Waals surface area contributed by atoms with Crippen molar-refractivity contribution in [3.05, 3.63) is 50.9 Å². The molecule has 1 aliphatic rings. The van der Waals surface area contributed by atoms with Crippen LogP contribution in [-0.4, -0.2) is 41.3 Å². The van der Waals surface area contributed by atoms with Crippen LogP contribution in [0.25, 0.3) is 11.1 Å². The Hall–Kier alpha value is -3.36. The Labute approximate surface area is 159 Å². The van der Waals surface area contributed by atoms with Crippen LogP contribution in [0.5, 0.6) is 11.6 Å². The van der Waals surface area contributed by atoms with Gasteiger partial charge < -0.3 is 18.8 Å². The first-order valence-electron chi connectivity index (χ1n) is 9.00. The molecule has 0 saturated carbocycles. The highest BCUT2D eigenvalue weighted by molar-refractivity contribution is 5.75. The normalized spacial score (nSPS) is 15.0. The van der Waals surface area contributed by atoms with Crippen LogP contribution < -0.4 is 25.7 Å². The van der Waals surface area contributed by atoms with E-state index in [1.807, 2.05) is 13.0 Å². The number of aromatic nitrogens is 3. The smallest absolute Gasteiger partial charge is 0.420 e. The fourth-order valence-corrected chi connectivity index (χ4v) is 3.36. The van der Waals surface area contributed by atoms with Gasteiger partial charge in [-0.25, -0.2) is 9.78 Å². The van der Waals surface area contributed by atoms with Crippen molar-refractivity contribution in [2.75, 3.05) is 25.1 Å². The second-order valence-electron chi connectivity index (χ2n) is 6.67. The quantitative estimate of drug-likeness (QED) is 0.723. The molecule has 0 amide bonds. The first-order valence-corrected chi connectivity index (χ1v) is 9.00. The molecular weight excluding hydrogens is 364 g/mol. The number of aromatic amines is 1. The maximum atomic E-state index is 11.9. The van der Waals surface area contributed by atoms with E-state index in [0.717, 1.165) is 31.5 Å². The number of pyridine rings is 2. The van der Waals surface area contributed by atoms with Crippen LogP contribution in [0.2, 0.25) is 0 Å². The van der Waals surface area contributed by atoms with Crippen molar-refractivity contribution in [1.29, 1.82) is 0 Å². The number of aryl methyl sites for hydroxylation is 1. The molecular formula is C19H20N4O5. The molecule has 9 heteroatoms. The predicted octanol–water partition coefficient (Wildman–Crippen LogP) is 1.64. The molecule has 4 rings (SSSR count). The van der Waals surface area contributed by atoms with Crippen molar-refractivity contribution in [2.45, 2.75) is 25.9 Å². The number of nitrogens with one attached hydrogen (secondary N) is 1. The summed E-state index contributed by atoms with van der Waals surface area (Å²) >= 11 is 0. The molecule has 4 heterocycles. The van der Waals surface area contributed by atoms with Gasteiger partial charge in [0.1, 0.15) is 23.1 Å². The Morgan fingerprint density at radius 1 is 1.25 bits per heavy atom. The summed E-state index contributed by atoms with van der Waals surface area (Å²) in [5.74, 6) is 1.16. The van der Waals surface area contributed by atoms with E-state index in [9.17, 15) is 9.59 Å². The van der Waals surface area contributed by atoms with Gasteiger partial charge in [0.2, 0.25) is 11.6 Å². The van der Waals surface area contributed by atoms with Gasteiger partial charge in [0.25, 0.3) is 5.56 Å². The molecule has 0 spiro atoms. The van der Waals surface area contributed by atoms with Crippen LogP contribution >= 0.6 is 0 Å². The van der Waals surface area contributed by atoms with E-state index in [1.54, 1.807) is 25.4 Å². The zero-order valence-corrected chi connectivity index (χ0v) is 15.6. The topological polar surface area (TPSA) is 111 Å². The lowest BCUT2D eigenvalue weighted by Gasteiger charge is -2.33. The highest BCUT2D eigenvalue weighted by Gasteiger charge is 2.23. The molecule has 0 bridgehead atoms. The Morgan fingerprint density at radius 3 is 2.71 bits per heavy atom. The lowest BCUT2D eigenvalue weighted by molar-refractivity contribution is 0.170. The molecule has 1 saturated heterocycles. The van der Waals surface area contributed by atoms with Crippen LogP contribution in [0, 0.1) is 6.92 Å². The summed E-state index contributed by atoms with van der Waals surface area (Å²) in [7, 11) is 1.57. The highest BCUT2D eigenvalue weighted by atomic mass is 16.5. The largest absolute Gasteiger partial charge is 0.489 e. The lowest BCUT2D eigenvalue weighted by Crippen LogP contribution is -2.39. The van der Waals surface area contributed by atoms with Gasteiger partial charge in [-0.3, -0.25) is 9.78 Å². The number of rotatable bonds is 4. The number of hydrogen-bond acceptors (Lipinski definition) is 8. The molecule has 0 aliphatic carbocycles. The molecule has 1 aliphatic heterocycles. The van der Waals surface area contributed by atoms with Crippen LogP contribution in [0.1, 0.15) is 18.4 Å². The van der Waals surface area contributed by atoms with Gasteiger partial charge in [0.15, 0.2) is 0 Å². The van der Waals surface area contributed by atoms with Gasteiger partial charge in [0.05, 0.1) is 13.3 Å². The Balaban J connectivity index is 1.48. The van der Waals surface area contributed by atoms with E-state index in [0.29, 0.717) is 17.4 Å². The molecule has 0 unspecified atom stereocenters. The van der Waals surface area contributed by atoms with E-state index in [1.165, 1.54) is 0 Å². The van der Waals surface area contributed by atoms with Gasteiger partial charge in [0, 0.05) is 32.0 Å². The number of H-pyrrole nitrogens is 1. The third-order valence-corrected chi connectivity index (χ3v) is 4.76. The van der Waals surface area contributed by atoms with Crippen molar-refractivity contribution in [3.8, 4) is 11.6 Å². The standard InChI is InChI=1S/C19H20N4O5/c1-11-9-14-17(24)22-19(25)28-18(14)21-16(11)23-7-5-12(6-8-23)27-13-3-4-15(26-2)20-10-13/h3-4,9-10,12H,5-8H2,1-2H3,(H,22,24,25). The minimum atomic E-state index is -0.806. The summed E-state index contributed by atoms with van der Waals surface area (Å²) in [6.07, 6.45) is 3.35. The maximum absolute atomic E-state index is 11.9. The monoisotopic (exact) mass is 384 g/mol. The summed E-state index contributed by atoms with van der Waals surface area (Å²) < 4.78 is 16.1. The van der Waals surface area contributed by atoms with E-state index >= 15 is 0 Å². The molecule has 1 N–H and O–H groups in total. The van der Waals surface area contributed by atoms with Crippen LogP contribution in [0.4, 0.5) is 5.82 Å². The van der Waals surface area contributed by atoms with Crippen molar-refractivity contribution in [2.24, 2.45) is 0 Å². The summed E-state index contributed by atoms with van der Waals surface area (Å²) in [5, 5.41) is 0.270. The zero-order chi connectivity index (χ0) is 19.7. The lowest BCUT2D eigenvalue weighted by atomic mass is 10.1. The average Bonchev–Trinajstić information content (AvgIpc) is 2.69. The van der Waals surface area contributed by atoms with Crippen molar-refractivity contribution < 1.29 is 13.9 Å². The van der Waals surface area contributed by atoms with Crippen LogP contribution in [-0.2, 0) is 0 Å². The summed E-state index contributed by atoms with van der Waals surface area (Å²) in [6, 6.07) is 5.31. The van der Waals surface area contributed by atoms with E-state index in [2.05, 4.69) is 19.9 Å².